The molecule has 0 spiro atoms. The monoisotopic (exact) mass is 543 g/mol. The SMILES string of the molecule is CCCCNC(=O)C(CC)N(Cc1ccc(Cl)cc1)C(=O)CN(C)S(=O)(=O)c1ccc2ccccc2c1. The lowest BCUT2D eigenvalue weighted by molar-refractivity contribution is -0.141. The van der Waals surface area contributed by atoms with Crippen molar-refractivity contribution in [3.63, 3.8) is 0 Å². The molecule has 3 aromatic carbocycles. The molecule has 1 unspecified atom stereocenters. The summed E-state index contributed by atoms with van der Waals surface area (Å²) in [5.74, 6) is -0.711. The number of nitrogens with one attached hydrogen (secondary N) is 1. The second-order valence-corrected chi connectivity index (χ2v) is 11.5. The van der Waals surface area contributed by atoms with Crippen LogP contribution in [0.3, 0.4) is 0 Å². The van der Waals surface area contributed by atoms with Crippen molar-refractivity contribution in [1.82, 2.24) is 14.5 Å². The molecule has 1 N–H and O–H groups in total. The third-order valence-corrected chi connectivity index (χ3v) is 8.32. The number of hydrogen-bond acceptors (Lipinski definition) is 4. The lowest BCUT2D eigenvalue weighted by atomic mass is 10.1. The average Bonchev–Trinajstić information content (AvgIpc) is 2.89. The van der Waals surface area contributed by atoms with Gasteiger partial charge in [0, 0.05) is 25.2 Å². The Hall–Kier alpha value is -2.94. The molecule has 7 nitrogen and oxygen atoms in total. The number of halogens is 1. The van der Waals surface area contributed by atoms with Crippen LogP contribution in [0.25, 0.3) is 10.8 Å². The van der Waals surface area contributed by atoms with Crippen LogP contribution in [0.5, 0.6) is 0 Å². The van der Waals surface area contributed by atoms with E-state index in [0.29, 0.717) is 18.0 Å². The Morgan fingerprint density at radius 2 is 1.65 bits per heavy atom. The number of hydrogen-bond donors (Lipinski definition) is 1. The van der Waals surface area contributed by atoms with Crippen molar-refractivity contribution in [1.29, 1.82) is 0 Å². The normalized spacial score (nSPS) is 12.5. The van der Waals surface area contributed by atoms with Crippen LogP contribution in [0.4, 0.5) is 0 Å². The second kappa shape index (κ2) is 13.0. The molecule has 3 aromatic rings. The van der Waals surface area contributed by atoms with Crippen LogP contribution in [-0.2, 0) is 26.2 Å². The summed E-state index contributed by atoms with van der Waals surface area (Å²) in [5, 5.41) is 5.19. The zero-order chi connectivity index (χ0) is 27.0. The Labute approximate surface area is 224 Å². The smallest absolute Gasteiger partial charge is 0.243 e. The van der Waals surface area contributed by atoms with Gasteiger partial charge in [0.15, 0.2) is 0 Å². The van der Waals surface area contributed by atoms with E-state index in [1.807, 2.05) is 38.1 Å². The number of carbonyl (C=O) groups is 2. The van der Waals surface area contributed by atoms with Crippen molar-refractivity contribution in [2.24, 2.45) is 0 Å². The molecule has 37 heavy (non-hydrogen) atoms. The Balaban J connectivity index is 1.85. The molecular formula is C28H34ClN3O4S. The van der Waals surface area contributed by atoms with Crippen molar-refractivity contribution in [3.05, 3.63) is 77.3 Å². The first-order valence-electron chi connectivity index (χ1n) is 12.4. The zero-order valence-corrected chi connectivity index (χ0v) is 23.1. The maximum atomic E-state index is 13.6. The first-order chi connectivity index (χ1) is 17.7. The van der Waals surface area contributed by atoms with E-state index >= 15 is 0 Å². The fraction of sp³-hybridized carbons (Fsp3) is 0.357. The maximum Gasteiger partial charge on any atom is 0.243 e. The summed E-state index contributed by atoms with van der Waals surface area (Å²) in [5.41, 5.74) is 0.789. The van der Waals surface area contributed by atoms with E-state index in [1.54, 1.807) is 42.5 Å². The third kappa shape index (κ3) is 7.31. The summed E-state index contributed by atoms with van der Waals surface area (Å²) in [4.78, 5) is 28.1. The molecule has 0 aliphatic heterocycles. The van der Waals surface area contributed by atoms with Crippen LogP contribution in [0, 0.1) is 0 Å². The highest BCUT2D eigenvalue weighted by Gasteiger charge is 2.31. The van der Waals surface area contributed by atoms with E-state index in [2.05, 4.69) is 5.32 Å². The Bertz CT molecular complexity index is 1330. The summed E-state index contributed by atoms with van der Waals surface area (Å²) < 4.78 is 27.7. The molecule has 2 amide bonds. The lowest BCUT2D eigenvalue weighted by Gasteiger charge is -2.32. The second-order valence-electron chi connectivity index (χ2n) is 8.99. The standard InChI is InChI=1S/C28H34ClN3O4S/c1-4-6-17-30-28(34)26(5-2)32(19-21-11-14-24(29)15-12-21)27(33)20-31(3)37(35,36)25-16-13-22-9-7-8-10-23(22)18-25/h7-16,18,26H,4-6,17,19-20H2,1-3H3,(H,30,34). The van der Waals surface area contributed by atoms with Gasteiger partial charge in [-0.1, -0.05) is 74.3 Å². The molecule has 0 aliphatic carbocycles. The fourth-order valence-electron chi connectivity index (χ4n) is 4.09. The Morgan fingerprint density at radius 1 is 0.973 bits per heavy atom. The number of amides is 2. The molecule has 0 saturated heterocycles. The highest BCUT2D eigenvalue weighted by atomic mass is 35.5. The number of rotatable bonds is 12. The number of nitrogens with zero attached hydrogens (tertiary/aromatic N) is 2. The molecule has 0 aromatic heterocycles. The highest BCUT2D eigenvalue weighted by molar-refractivity contribution is 7.89. The number of unbranched alkanes of at least 4 members (excludes halogenated alkanes) is 1. The van der Waals surface area contributed by atoms with Crippen LogP contribution >= 0.6 is 11.6 Å². The summed E-state index contributed by atoms with van der Waals surface area (Å²) in [6, 6.07) is 18.7. The van der Waals surface area contributed by atoms with Crippen LogP contribution in [0.1, 0.15) is 38.7 Å². The average molecular weight is 544 g/mol. The molecule has 1 atom stereocenters. The van der Waals surface area contributed by atoms with E-state index in [9.17, 15) is 18.0 Å². The highest BCUT2D eigenvalue weighted by Crippen LogP contribution is 2.22. The quantitative estimate of drug-likeness (QED) is 0.331. The van der Waals surface area contributed by atoms with E-state index in [4.69, 9.17) is 11.6 Å². The predicted molar refractivity (Wildman–Crippen MR) is 148 cm³/mol. The van der Waals surface area contributed by atoms with Gasteiger partial charge in [-0.2, -0.15) is 4.31 Å². The molecule has 0 radical (unpaired) electrons. The topological polar surface area (TPSA) is 86.8 Å². The lowest BCUT2D eigenvalue weighted by Crippen LogP contribution is -2.51. The molecule has 198 valence electrons. The molecule has 0 bridgehead atoms. The number of carbonyl (C=O) groups excluding carboxylic acids is 2. The summed E-state index contributed by atoms with van der Waals surface area (Å²) in [6.45, 7) is 4.14. The Kier molecular flexibility index (Phi) is 10.1. The van der Waals surface area contributed by atoms with Gasteiger partial charge in [0.25, 0.3) is 0 Å². The van der Waals surface area contributed by atoms with Gasteiger partial charge in [0.05, 0.1) is 11.4 Å². The fourth-order valence-corrected chi connectivity index (χ4v) is 5.37. The van der Waals surface area contributed by atoms with Gasteiger partial charge in [-0.25, -0.2) is 8.42 Å². The van der Waals surface area contributed by atoms with Crippen LogP contribution in [0.2, 0.25) is 5.02 Å². The molecule has 3 rings (SSSR count). The van der Waals surface area contributed by atoms with Crippen molar-refractivity contribution in [2.45, 2.75) is 50.6 Å². The number of benzene rings is 3. The minimum Gasteiger partial charge on any atom is -0.354 e. The molecule has 0 fully saturated rings. The molecule has 0 heterocycles. The summed E-state index contributed by atoms with van der Waals surface area (Å²) >= 11 is 6.02. The van der Waals surface area contributed by atoms with Gasteiger partial charge < -0.3 is 10.2 Å². The number of fused-ring (bicyclic) bond motifs is 1. The maximum absolute atomic E-state index is 13.6. The Morgan fingerprint density at radius 3 is 2.30 bits per heavy atom. The minimum absolute atomic E-state index is 0.107. The van der Waals surface area contributed by atoms with Gasteiger partial charge in [0.2, 0.25) is 21.8 Å². The third-order valence-electron chi connectivity index (χ3n) is 6.27. The molecule has 9 heteroatoms. The minimum atomic E-state index is -3.94. The largest absolute Gasteiger partial charge is 0.354 e. The van der Waals surface area contributed by atoms with Gasteiger partial charge in [0.1, 0.15) is 6.04 Å². The van der Waals surface area contributed by atoms with Crippen LogP contribution < -0.4 is 5.32 Å². The van der Waals surface area contributed by atoms with E-state index in [-0.39, 0.29) is 17.3 Å². The first-order valence-corrected chi connectivity index (χ1v) is 14.3. The molecule has 0 aliphatic rings. The van der Waals surface area contributed by atoms with Gasteiger partial charge in [-0.05, 0) is 53.4 Å². The van der Waals surface area contributed by atoms with Crippen LogP contribution in [-0.4, -0.2) is 55.6 Å². The van der Waals surface area contributed by atoms with Crippen molar-refractivity contribution >= 4 is 44.2 Å². The van der Waals surface area contributed by atoms with Gasteiger partial charge in [-0.3, -0.25) is 9.59 Å². The summed E-state index contributed by atoms with van der Waals surface area (Å²) in [7, 11) is -2.56. The van der Waals surface area contributed by atoms with E-state index in [1.165, 1.54) is 11.9 Å². The van der Waals surface area contributed by atoms with Crippen molar-refractivity contribution in [2.75, 3.05) is 20.1 Å². The van der Waals surface area contributed by atoms with E-state index < -0.39 is 28.5 Å². The van der Waals surface area contributed by atoms with Crippen LogP contribution in [0.15, 0.2) is 71.6 Å². The van der Waals surface area contributed by atoms with Crippen molar-refractivity contribution < 1.29 is 18.0 Å². The van der Waals surface area contributed by atoms with E-state index in [0.717, 1.165) is 33.5 Å². The summed E-state index contributed by atoms with van der Waals surface area (Å²) in [6.07, 6.45) is 2.15. The number of sulfonamides is 1. The molecular weight excluding hydrogens is 510 g/mol. The predicted octanol–water partition coefficient (Wildman–Crippen LogP) is 4.84. The zero-order valence-electron chi connectivity index (χ0n) is 21.5. The van der Waals surface area contributed by atoms with Gasteiger partial charge in [-0.15, -0.1) is 0 Å². The van der Waals surface area contributed by atoms with Crippen molar-refractivity contribution in [3.8, 4) is 0 Å². The molecule has 0 saturated carbocycles. The van der Waals surface area contributed by atoms with Gasteiger partial charge >= 0.3 is 0 Å². The number of likely N-dealkylation sites (N-methyl/N-ethyl adjacent to an activating group) is 1. The first kappa shape index (κ1) is 28.6.